The molecule has 0 fully saturated rings. The van der Waals surface area contributed by atoms with Crippen molar-refractivity contribution >= 4 is 39.0 Å². The lowest BCUT2D eigenvalue weighted by Gasteiger charge is -2.34. The van der Waals surface area contributed by atoms with Gasteiger partial charge in [-0.2, -0.15) is 0 Å². The van der Waals surface area contributed by atoms with Gasteiger partial charge in [-0.25, -0.2) is 0 Å². The molecule has 0 radical (unpaired) electrons. The van der Waals surface area contributed by atoms with Gasteiger partial charge in [-0.05, 0) is 131 Å². The number of furan rings is 1. The highest BCUT2D eigenvalue weighted by Crippen LogP contribution is 2.66. The summed E-state index contributed by atoms with van der Waals surface area (Å²) in [5, 5.41) is 2.23. The Balaban J connectivity index is 1.15. The van der Waals surface area contributed by atoms with Crippen molar-refractivity contribution < 1.29 is 4.42 Å². The molecule has 1 aromatic heterocycles. The first-order valence-electron chi connectivity index (χ1n) is 25.1. The van der Waals surface area contributed by atoms with E-state index in [9.17, 15) is 0 Å². The van der Waals surface area contributed by atoms with E-state index in [1.807, 2.05) is 6.07 Å². The lowest BCUT2D eigenvalue weighted by atomic mass is 9.69. The molecule has 71 heavy (non-hydrogen) atoms. The van der Waals surface area contributed by atoms with Crippen LogP contribution in [0.1, 0.15) is 74.9 Å². The van der Waals surface area contributed by atoms with Crippen LogP contribution in [-0.4, -0.2) is 0 Å². The quantitative estimate of drug-likeness (QED) is 0.165. The minimum absolute atomic E-state index is 0.0451. The predicted molar refractivity (Wildman–Crippen MR) is 298 cm³/mol. The fraction of sp³-hybridized carbons (Fsp3) is 0.130. The third-order valence-corrected chi connectivity index (χ3v) is 15.4. The van der Waals surface area contributed by atoms with Gasteiger partial charge in [0, 0.05) is 27.6 Å². The number of benzene rings is 10. The summed E-state index contributed by atoms with van der Waals surface area (Å²) in [7, 11) is 0. The summed E-state index contributed by atoms with van der Waals surface area (Å²) >= 11 is 0. The number of hydrogen-bond acceptors (Lipinski definition) is 2. The van der Waals surface area contributed by atoms with Crippen molar-refractivity contribution in [3.63, 3.8) is 0 Å². The van der Waals surface area contributed by atoms with E-state index in [1.165, 1.54) is 61.2 Å². The normalized spacial score (nSPS) is 13.3. The van der Waals surface area contributed by atoms with Crippen LogP contribution in [0.2, 0.25) is 0 Å². The molecule has 13 rings (SSSR count). The second kappa shape index (κ2) is 15.9. The third kappa shape index (κ3) is 6.61. The first-order chi connectivity index (χ1) is 34.5. The fourth-order valence-corrected chi connectivity index (χ4v) is 12.0. The highest BCUT2D eigenvalue weighted by atomic mass is 16.3. The molecular weight excluding hydrogens is 859 g/mol. The first-order valence-corrected chi connectivity index (χ1v) is 25.1. The van der Waals surface area contributed by atoms with Crippen LogP contribution < -0.4 is 4.90 Å². The standard InChI is InChI=1S/C69H55NO/c1-67(2,3)48-35-38-52-53-39-36-49(68(4,5)6)43-60(53)69(59(52)42-48)57-29-15-13-27-56(57)66-58(69)30-19-32-62(66)70(50-25-17-24-46(40-50)44-20-9-7-10-21-44)61-31-18-28-51(45-22-11-8-12-23-45)65(61)47-34-37-55-54-26-14-16-33-63(54)71-64(55)41-47/h7-43H,1-6H3. The van der Waals surface area contributed by atoms with Crippen LogP contribution in [0.4, 0.5) is 17.1 Å². The van der Waals surface area contributed by atoms with Gasteiger partial charge in [-0.3, -0.25) is 0 Å². The predicted octanol–water partition coefficient (Wildman–Crippen LogP) is 19.0. The summed E-state index contributed by atoms with van der Waals surface area (Å²) in [5.74, 6) is 0. The molecule has 0 saturated carbocycles. The number of para-hydroxylation sites is 1. The van der Waals surface area contributed by atoms with Crippen LogP contribution in [0, 0.1) is 0 Å². The van der Waals surface area contributed by atoms with E-state index in [1.54, 1.807) is 0 Å². The first kappa shape index (κ1) is 42.9. The zero-order valence-electron chi connectivity index (χ0n) is 41.2. The summed E-state index contributed by atoms with van der Waals surface area (Å²) in [6.07, 6.45) is 0. The van der Waals surface area contributed by atoms with Crippen LogP contribution in [0.15, 0.2) is 229 Å². The summed E-state index contributed by atoms with van der Waals surface area (Å²) in [6.45, 7) is 14.0. The highest BCUT2D eigenvalue weighted by Gasteiger charge is 2.53. The minimum Gasteiger partial charge on any atom is -0.456 e. The summed E-state index contributed by atoms with van der Waals surface area (Å²) < 4.78 is 6.65. The van der Waals surface area contributed by atoms with Gasteiger partial charge in [-0.15, -0.1) is 0 Å². The molecule has 0 saturated heterocycles. The molecule has 2 aliphatic carbocycles. The topological polar surface area (TPSA) is 16.4 Å². The SMILES string of the molecule is CC(C)(C)c1ccc2c(c1)C1(c3cc(C(C)(C)C)ccc3-2)c2ccccc2-c2c(N(c3cccc(-c4ccccc4)c3)c3cccc(-c4ccccc4)c3-c3ccc4c(c3)oc3ccccc34)cccc21. The maximum absolute atomic E-state index is 6.65. The van der Waals surface area contributed by atoms with Crippen molar-refractivity contribution in [3.8, 4) is 55.6 Å². The Bertz CT molecular complexity index is 3830. The van der Waals surface area contributed by atoms with E-state index in [4.69, 9.17) is 4.42 Å². The molecule has 0 unspecified atom stereocenters. The zero-order valence-corrected chi connectivity index (χ0v) is 41.2. The lowest BCUT2D eigenvalue weighted by molar-refractivity contribution is 0.586. The average Bonchev–Trinajstić information content (AvgIpc) is 4.02. The largest absolute Gasteiger partial charge is 0.456 e. The smallest absolute Gasteiger partial charge is 0.136 e. The van der Waals surface area contributed by atoms with Crippen LogP contribution in [-0.2, 0) is 16.2 Å². The van der Waals surface area contributed by atoms with Gasteiger partial charge in [0.25, 0.3) is 0 Å². The monoisotopic (exact) mass is 913 g/mol. The minimum atomic E-state index is -0.562. The number of hydrogen-bond donors (Lipinski definition) is 0. The lowest BCUT2D eigenvalue weighted by Crippen LogP contribution is -2.27. The number of fused-ring (bicyclic) bond motifs is 13. The number of nitrogens with zero attached hydrogens (tertiary/aromatic N) is 1. The Morgan fingerprint density at radius 2 is 0.887 bits per heavy atom. The second-order valence-corrected chi connectivity index (χ2v) is 21.6. The van der Waals surface area contributed by atoms with Gasteiger partial charge in [0.15, 0.2) is 0 Å². The molecule has 0 bridgehead atoms. The van der Waals surface area contributed by atoms with Crippen LogP contribution in [0.3, 0.4) is 0 Å². The molecule has 1 spiro atoms. The molecule has 0 atom stereocenters. The van der Waals surface area contributed by atoms with Crippen molar-refractivity contribution in [3.05, 3.63) is 258 Å². The van der Waals surface area contributed by atoms with Gasteiger partial charge < -0.3 is 9.32 Å². The van der Waals surface area contributed by atoms with Gasteiger partial charge in [-0.1, -0.05) is 224 Å². The zero-order chi connectivity index (χ0) is 48.2. The summed E-state index contributed by atoms with van der Waals surface area (Å²) in [4.78, 5) is 2.56. The van der Waals surface area contributed by atoms with Crippen LogP contribution >= 0.6 is 0 Å². The summed E-state index contributed by atoms with van der Waals surface area (Å²) in [6, 6.07) is 83.7. The second-order valence-electron chi connectivity index (χ2n) is 21.6. The fourth-order valence-electron chi connectivity index (χ4n) is 12.0. The van der Waals surface area contributed by atoms with E-state index in [2.05, 4.69) is 265 Å². The third-order valence-electron chi connectivity index (χ3n) is 15.4. The van der Waals surface area contributed by atoms with Gasteiger partial charge in [0.1, 0.15) is 11.2 Å². The maximum Gasteiger partial charge on any atom is 0.136 e. The maximum atomic E-state index is 6.65. The molecule has 11 aromatic rings. The molecule has 2 aliphatic rings. The van der Waals surface area contributed by atoms with E-state index in [0.717, 1.165) is 66.8 Å². The Hall–Kier alpha value is -8.20. The Labute approximate surface area is 417 Å². The van der Waals surface area contributed by atoms with Crippen LogP contribution in [0.25, 0.3) is 77.6 Å². The Kier molecular flexibility index (Phi) is 9.61. The van der Waals surface area contributed by atoms with Crippen molar-refractivity contribution in [1.82, 2.24) is 0 Å². The Morgan fingerprint density at radius 3 is 1.59 bits per heavy atom. The molecule has 0 N–H and O–H groups in total. The van der Waals surface area contributed by atoms with E-state index >= 15 is 0 Å². The van der Waals surface area contributed by atoms with Gasteiger partial charge in [0.2, 0.25) is 0 Å². The molecule has 0 amide bonds. The van der Waals surface area contributed by atoms with Gasteiger partial charge >= 0.3 is 0 Å². The van der Waals surface area contributed by atoms with Crippen molar-refractivity contribution in [2.45, 2.75) is 57.8 Å². The molecule has 0 aliphatic heterocycles. The number of rotatable bonds is 6. The average molecular weight is 914 g/mol. The van der Waals surface area contributed by atoms with E-state index < -0.39 is 5.41 Å². The molecule has 2 heteroatoms. The highest BCUT2D eigenvalue weighted by molar-refractivity contribution is 6.08. The molecule has 2 nitrogen and oxygen atoms in total. The van der Waals surface area contributed by atoms with Crippen molar-refractivity contribution in [2.75, 3.05) is 4.90 Å². The van der Waals surface area contributed by atoms with Gasteiger partial charge in [0.05, 0.1) is 16.8 Å². The van der Waals surface area contributed by atoms with E-state index in [-0.39, 0.29) is 10.8 Å². The van der Waals surface area contributed by atoms with Crippen LogP contribution in [0.5, 0.6) is 0 Å². The molecule has 342 valence electrons. The molecular formula is C69H55NO. The molecule has 1 heterocycles. The van der Waals surface area contributed by atoms with Crippen molar-refractivity contribution in [1.29, 1.82) is 0 Å². The van der Waals surface area contributed by atoms with E-state index in [0.29, 0.717) is 0 Å². The van der Waals surface area contributed by atoms with Crippen molar-refractivity contribution in [2.24, 2.45) is 0 Å². The number of anilines is 3. The summed E-state index contributed by atoms with van der Waals surface area (Å²) in [5.41, 5.74) is 24.4. The Morgan fingerprint density at radius 1 is 0.338 bits per heavy atom. The molecule has 10 aromatic carbocycles.